The Morgan fingerprint density at radius 2 is 1.38 bits per heavy atom. The van der Waals surface area contributed by atoms with Gasteiger partial charge in [-0.1, -0.05) is 19.3 Å². The molecular formula is C21H36N3O2+. The Hall–Kier alpha value is -1.10. The van der Waals surface area contributed by atoms with Gasteiger partial charge in [-0.25, -0.2) is 4.79 Å². The summed E-state index contributed by atoms with van der Waals surface area (Å²) in [6, 6.07) is 0.287. The first-order valence-electron chi connectivity index (χ1n) is 11.1. The molecular weight excluding hydrogens is 326 g/mol. The summed E-state index contributed by atoms with van der Waals surface area (Å²) in [4.78, 5) is 24.7. The minimum atomic E-state index is -0.261. The van der Waals surface area contributed by atoms with Crippen molar-refractivity contribution in [3.63, 3.8) is 0 Å². The lowest BCUT2D eigenvalue weighted by molar-refractivity contribution is -0.680. The highest BCUT2D eigenvalue weighted by atomic mass is 16.2. The zero-order chi connectivity index (χ0) is 18.0. The van der Waals surface area contributed by atoms with E-state index in [9.17, 15) is 9.59 Å². The Kier molecular flexibility index (Phi) is 5.53. The van der Waals surface area contributed by atoms with Crippen LogP contribution in [0.4, 0.5) is 4.79 Å². The maximum atomic E-state index is 12.4. The third-order valence-electron chi connectivity index (χ3n) is 7.46. The van der Waals surface area contributed by atoms with Gasteiger partial charge in [-0.15, -0.1) is 0 Å². The summed E-state index contributed by atoms with van der Waals surface area (Å²) in [6.45, 7) is 0.374. The molecule has 0 radical (unpaired) electrons. The molecule has 0 spiro atoms. The van der Waals surface area contributed by atoms with Crippen LogP contribution in [0.1, 0.15) is 83.5 Å². The van der Waals surface area contributed by atoms with Gasteiger partial charge in [0.25, 0.3) is 5.91 Å². The summed E-state index contributed by atoms with van der Waals surface area (Å²) >= 11 is 0. The Morgan fingerprint density at radius 3 is 1.96 bits per heavy atom. The van der Waals surface area contributed by atoms with E-state index in [0.29, 0.717) is 12.6 Å². The van der Waals surface area contributed by atoms with E-state index in [1.54, 1.807) is 0 Å². The third-order valence-corrected chi connectivity index (χ3v) is 7.46. The molecule has 0 heterocycles. The van der Waals surface area contributed by atoms with Crippen molar-refractivity contribution < 1.29 is 14.9 Å². The normalized spacial score (nSPS) is 37.0. The number of nitrogens with one attached hydrogen (secondary N) is 2. The van der Waals surface area contributed by atoms with Crippen LogP contribution >= 0.6 is 0 Å². The van der Waals surface area contributed by atoms with E-state index in [2.05, 4.69) is 16.0 Å². The van der Waals surface area contributed by atoms with E-state index in [4.69, 9.17) is 0 Å². The van der Waals surface area contributed by atoms with Gasteiger partial charge in [-0.05, 0) is 82.0 Å². The van der Waals surface area contributed by atoms with Gasteiger partial charge in [-0.2, -0.15) is 0 Å². The molecule has 4 N–H and O–H groups in total. The van der Waals surface area contributed by atoms with Crippen LogP contribution in [0.3, 0.4) is 0 Å². The number of urea groups is 1. The largest absolute Gasteiger partial charge is 0.336 e. The lowest BCUT2D eigenvalue weighted by Crippen LogP contribution is -2.92. The van der Waals surface area contributed by atoms with E-state index < -0.39 is 0 Å². The van der Waals surface area contributed by atoms with E-state index in [-0.39, 0.29) is 17.5 Å². The SMILES string of the molecule is O=C(C[NH2+]C1CCCCCCC1)NC(=O)NC12CC3CC(CC(C3)C1)C2. The smallest absolute Gasteiger partial charge is 0.322 e. The summed E-state index contributed by atoms with van der Waals surface area (Å²) in [7, 11) is 0. The first-order chi connectivity index (χ1) is 12.6. The Bertz CT molecular complexity index is 490. The zero-order valence-electron chi connectivity index (χ0n) is 16.1. The molecule has 5 aliphatic carbocycles. The molecule has 3 amide bonds. The summed E-state index contributed by atoms with van der Waals surface area (Å²) in [5.41, 5.74) is -0.0254. The molecule has 0 atom stereocenters. The number of hydrogen-bond donors (Lipinski definition) is 3. The predicted octanol–water partition coefficient (Wildman–Crippen LogP) is 2.46. The van der Waals surface area contributed by atoms with Crippen LogP contribution in [0.25, 0.3) is 0 Å². The van der Waals surface area contributed by atoms with Crippen molar-refractivity contribution in [2.24, 2.45) is 17.8 Å². The van der Waals surface area contributed by atoms with Crippen molar-refractivity contribution in [3.8, 4) is 0 Å². The van der Waals surface area contributed by atoms with Crippen molar-refractivity contribution in [2.45, 2.75) is 95.1 Å². The van der Waals surface area contributed by atoms with Crippen LogP contribution in [-0.2, 0) is 4.79 Å². The molecule has 0 aromatic heterocycles. The number of carbonyl (C=O) groups is 2. The van der Waals surface area contributed by atoms with Gasteiger partial charge >= 0.3 is 6.03 Å². The number of rotatable bonds is 4. The number of hydrogen-bond acceptors (Lipinski definition) is 2. The standard InChI is InChI=1S/C21H35N3O2/c25-19(14-22-18-6-4-2-1-3-5-7-18)23-20(26)24-21-11-15-8-16(12-21)10-17(9-15)13-21/h15-18,22H,1-14H2,(H2,23,24,25,26)/p+1. The molecule has 4 bridgehead atoms. The molecule has 0 saturated heterocycles. The second-order valence-electron chi connectivity index (χ2n) is 9.75. The quantitative estimate of drug-likeness (QED) is 0.719. The summed E-state index contributed by atoms with van der Waals surface area (Å²) in [5.74, 6) is 2.24. The predicted molar refractivity (Wildman–Crippen MR) is 100 cm³/mol. The minimum Gasteiger partial charge on any atom is -0.336 e. The second-order valence-corrected chi connectivity index (χ2v) is 9.75. The van der Waals surface area contributed by atoms with Crippen LogP contribution in [0.15, 0.2) is 0 Å². The lowest BCUT2D eigenvalue weighted by Gasteiger charge is -2.56. The highest BCUT2D eigenvalue weighted by Crippen LogP contribution is 2.55. The molecule has 146 valence electrons. The van der Waals surface area contributed by atoms with Gasteiger partial charge in [0.15, 0.2) is 6.54 Å². The summed E-state index contributed by atoms with van der Waals surface area (Å²) < 4.78 is 0. The molecule has 5 heteroatoms. The molecule has 0 aliphatic heterocycles. The molecule has 5 saturated carbocycles. The number of carbonyl (C=O) groups excluding carboxylic acids is 2. The first kappa shape index (κ1) is 18.3. The van der Waals surface area contributed by atoms with Crippen molar-refractivity contribution in [1.82, 2.24) is 10.6 Å². The van der Waals surface area contributed by atoms with Crippen molar-refractivity contribution in [1.29, 1.82) is 0 Å². The minimum absolute atomic E-state index is 0.0254. The van der Waals surface area contributed by atoms with Gasteiger partial charge in [0.05, 0.1) is 6.04 Å². The average molecular weight is 363 g/mol. The highest BCUT2D eigenvalue weighted by Gasteiger charge is 2.51. The third kappa shape index (κ3) is 4.41. The van der Waals surface area contributed by atoms with Gasteiger partial charge in [0.2, 0.25) is 0 Å². The van der Waals surface area contributed by atoms with Crippen LogP contribution in [-0.4, -0.2) is 30.1 Å². The number of imide groups is 1. The molecule has 0 aromatic rings. The molecule has 5 fully saturated rings. The Morgan fingerprint density at radius 1 is 0.846 bits per heavy atom. The fourth-order valence-electron chi connectivity index (χ4n) is 6.71. The molecule has 0 unspecified atom stereocenters. The maximum Gasteiger partial charge on any atom is 0.322 e. The first-order valence-corrected chi connectivity index (χ1v) is 11.1. The van der Waals surface area contributed by atoms with Crippen molar-refractivity contribution in [2.75, 3.05) is 6.54 Å². The van der Waals surface area contributed by atoms with Gasteiger partial charge < -0.3 is 10.6 Å². The molecule has 26 heavy (non-hydrogen) atoms. The van der Waals surface area contributed by atoms with Crippen LogP contribution < -0.4 is 16.0 Å². The van der Waals surface area contributed by atoms with Crippen LogP contribution in [0.2, 0.25) is 0 Å². The van der Waals surface area contributed by atoms with E-state index in [0.717, 1.165) is 37.0 Å². The lowest BCUT2D eigenvalue weighted by atomic mass is 9.53. The summed E-state index contributed by atoms with van der Waals surface area (Å²) in [5, 5.41) is 7.98. The zero-order valence-corrected chi connectivity index (χ0v) is 16.1. The van der Waals surface area contributed by atoms with Crippen molar-refractivity contribution >= 4 is 11.9 Å². The second kappa shape index (κ2) is 7.87. The van der Waals surface area contributed by atoms with E-state index in [1.807, 2.05) is 0 Å². The van der Waals surface area contributed by atoms with Crippen molar-refractivity contribution in [3.05, 3.63) is 0 Å². The van der Waals surface area contributed by atoms with Crippen LogP contribution in [0.5, 0.6) is 0 Å². The monoisotopic (exact) mass is 362 g/mol. The Balaban J connectivity index is 1.21. The number of amides is 3. The topological polar surface area (TPSA) is 74.8 Å². The molecule has 5 rings (SSSR count). The van der Waals surface area contributed by atoms with Gasteiger partial charge in [0, 0.05) is 5.54 Å². The Labute approximate surface area is 157 Å². The summed E-state index contributed by atoms with van der Waals surface area (Å²) in [6.07, 6.45) is 16.4. The number of nitrogens with two attached hydrogens (primary N) is 1. The highest BCUT2D eigenvalue weighted by molar-refractivity contribution is 5.95. The number of quaternary nitrogens is 1. The maximum absolute atomic E-state index is 12.4. The van der Waals surface area contributed by atoms with Gasteiger partial charge in [-0.3, -0.25) is 10.1 Å². The molecule has 5 nitrogen and oxygen atoms in total. The van der Waals surface area contributed by atoms with Gasteiger partial charge in [0.1, 0.15) is 0 Å². The van der Waals surface area contributed by atoms with E-state index in [1.165, 1.54) is 64.2 Å². The average Bonchev–Trinajstić information content (AvgIpc) is 2.51. The van der Waals surface area contributed by atoms with Crippen LogP contribution in [0, 0.1) is 17.8 Å². The fourth-order valence-corrected chi connectivity index (χ4v) is 6.71. The van der Waals surface area contributed by atoms with E-state index >= 15 is 0 Å². The fraction of sp³-hybridized carbons (Fsp3) is 0.905. The molecule has 0 aromatic carbocycles. The molecule has 5 aliphatic rings.